The van der Waals surface area contributed by atoms with Gasteiger partial charge < -0.3 is 4.74 Å². The fourth-order valence-electron chi connectivity index (χ4n) is 2.74. The molecule has 2 unspecified atom stereocenters. The Kier molecular flexibility index (Phi) is 6.67. The smallest absolute Gasteiger partial charge is 0.326 e. The maximum absolute atomic E-state index is 12.1. The van der Waals surface area contributed by atoms with Crippen molar-refractivity contribution < 1.29 is 9.53 Å². The Morgan fingerprint density at radius 2 is 2.11 bits per heavy atom. The summed E-state index contributed by atoms with van der Waals surface area (Å²) >= 11 is 2.02. The largest absolute Gasteiger partial charge is 0.468 e. The lowest BCUT2D eigenvalue weighted by Gasteiger charge is -2.30. The van der Waals surface area contributed by atoms with E-state index in [4.69, 9.17) is 4.74 Å². The highest BCUT2D eigenvalue weighted by molar-refractivity contribution is 7.99. The zero-order chi connectivity index (χ0) is 14.5. The van der Waals surface area contributed by atoms with E-state index in [-0.39, 0.29) is 5.97 Å². The van der Waals surface area contributed by atoms with Gasteiger partial charge in [-0.1, -0.05) is 13.8 Å². The lowest BCUT2D eigenvalue weighted by Crippen LogP contribution is -2.53. The predicted octanol–water partition coefficient (Wildman–Crippen LogP) is 3.23. The van der Waals surface area contributed by atoms with Gasteiger partial charge in [-0.2, -0.15) is 11.8 Å². The Hall–Kier alpha value is -0.220. The topological polar surface area (TPSA) is 38.3 Å². The molecule has 0 aromatic rings. The number of ether oxygens (including phenoxy) is 1. The normalized spacial score (nSPS) is 27.2. The molecule has 2 atom stereocenters. The number of carbonyl (C=O) groups is 1. The molecule has 0 spiro atoms. The first-order valence-corrected chi connectivity index (χ1v) is 8.42. The highest BCUT2D eigenvalue weighted by atomic mass is 32.2. The number of carbonyl (C=O) groups excluding carboxylic acids is 1. The fourth-order valence-corrected chi connectivity index (χ4v) is 4.36. The summed E-state index contributed by atoms with van der Waals surface area (Å²) in [6.07, 6.45) is 4.17. The van der Waals surface area contributed by atoms with Crippen LogP contribution in [0.5, 0.6) is 0 Å². The van der Waals surface area contributed by atoms with Crippen LogP contribution in [0.15, 0.2) is 0 Å². The average molecular weight is 287 g/mol. The Morgan fingerprint density at radius 3 is 2.63 bits per heavy atom. The van der Waals surface area contributed by atoms with Crippen molar-refractivity contribution in [1.82, 2.24) is 5.32 Å². The molecule has 4 heteroatoms. The van der Waals surface area contributed by atoms with Crippen LogP contribution in [-0.2, 0) is 9.53 Å². The Morgan fingerprint density at radius 1 is 1.42 bits per heavy atom. The molecule has 1 aliphatic rings. The molecule has 112 valence electrons. The van der Waals surface area contributed by atoms with Crippen LogP contribution in [0.4, 0.5) is 0 Å². The Balaban J connectivity index is 2.54. The van der Waals surface area contributed by atoms with Crippen LogP contribution in [-0.4, -0.2) is 35.7 Å². The molecule has 1 aliphatic carbocycles. The molecule has 1 fully saturated rings. The molecule has 1 N–H and O–H groups in total. The van der Waals surface area contributed by atoms with Gasteiger partial charge in [0.15, 0.2) is 0 Å². The van der Waals surface area contributed by atoms with Gasteiger partial charge in [0.05, 0.1) is 7.11 Å². The summed E-state index contributed by atoms with van der Waals surface area (Å²) in [4.78, 5) is 12.1. The molecular weight excluding hydrogens is 258 g/mol. The average Bonchev–Trinajstić information content (AvgIpc) is 2.71. The van der Waals surface area contributed by atoms with Crippen LogP contribution in [0.3, 0.4) is 0 Å². The van der Waals surface area contributed by atoms with Gasteiger partial charge >= 0.3 is 5.97 Å². The van der Waals surface area contributed by atoms with E-state index >= 15 is 0 Å². The summed E-state index contributed by atoms with van der Waals surface area (Å²) in [5, 5.41) is 4.03. The van der Waals surface area contributed by atoms with Crippen molar-refractivity contribution in [2.75, 3.05) is 12.9 Å². The molecule has 0 bridgehead atoms. The van der Waals surface area contributed by atoms with Gasteiger partial charge in [0.25, 0.3) is 0 Å². The number of esters is 1. The molecule has 1 saturated carbocycles. The van der Waals surface area contributed by atoms with Gasteiger partial charge in [-0.3, -0.25) is 10.1 Å². The van der Waals surface area contributed by atoms with E-state index in [2.05, 4.69) is 33.0 Å². The number of nitrogens with one attached hydrogen (secondary N) is 1. The lowest BCUT2D eigenvalue weighted by molar-refractivity contribution is -0.148. The van der Waals surface area contributed by atoms with Crippen molar-refractivity contribution in [3.8, 4) is 0 Å². The second-order valence-electron chi connectivity index (χ2n) is 6.29. The SMILES string of the molecule is COC(=O)C1(NC(C)C)CCC(SCCC(C)C)C1. The number of rotatable bonds is 7. The summed E-state index contributed by atoms with van der Waals surface area (Å²) in [5.41, 5.74) is -0.446. The molecule has 3 nitrogen and oxygen atoms in total. The number of methoxy groups -OCH3 is 1. The molecule has 0 heterocycles. The van der Waals surface area contributed by atoms with E-state index in [1.165, 1.54) is 19.3 Å². The summed E-state index contributed by atoms with van der Waals surface area (Å²) in [6.45, 7) is 8.69. The molecule has 0 saturated heterocycles. The van der Waals surface area contributed by atoms with Gasteiger partial charge in [0.2, 0.25) is 0 Å². The zero-order valence-corrected chi connectivity index (χ0v) is 13.8. The Bertz CT molecular complexity index is 294. The molecule has 0 radical (unpaired) electrons. The van der Waals surface area contributed by atoms with E-state index in [0.29, 0.717) is 11.3 Å². The quantitative estimate of drug-likeness (QED) is 0.730. The summed E-state index contributed by atoms with van der Waals surface area (Å²) in [6, 6.07) is 0.304. The van der Waals surface area contributed by atoms with Gasteiger partial charge in [-0.15, -0.1) is 0 Å². The summed E-state index contributed by atoms with van der Waals surface area (Å²) in [7, 11) is 1.49. The van der Waals surface area contributed by atoms with Gasteiger partial charge in [0, 0.05) is 11.3 Å². The minimum Gasteiger partial charge on any atom is -0.468 e. The number of thioether (sulfide) groups is 1. The van der Waals surface area contributed by atoms with Crippen LogP contribution in [0.1, 0.15) is 53.4 Å². The molecule has 0 amide bonds. The van der Waals surface area contributed by atoms with Crippen molar-refractivity contribution in [2.45, 2.75) is 70.2 Å². The van der Waals surface area contributed by atoms with Crippen molar-refractivity contribution >= 4 is 17.7 Å². The molecule has 0 aromatic carbocycles. The highest BCUT2D eigenvalue weighted by Gasteiger charge is 2.46. The van der Waals surface area contributed by atoms with E-state index in [1.54, 1.807) is 0 Å². The lowest BCUT2D eigenvalue weighted by atomic mass is 9.96. The first-order chi connectivity index (χ1) is 8.89. The van der Waals surface area contributed by atoms with Crippen molar-refractivity contribution in [3.63, 3.8) is 0 Å². The fraction of sp³-hybridized carbons (Fsp3) is 0.933. The molecule has 0 aromatic heterocycles. The third-order valence-electron chi connectivity index (χ3n) is 3.66. The summed E-state index contributed by atoms with van der Waals surface area (Å²) < 4.78 is 5.02. The van der Waals surface area contributed by atoms with E-state index in [0.717, 1.165) is 25.2 Å². The third-order valence-corrected chi connectivity index (χ3v) is 5.00. The van der Waals surface area contributed by atoms with Crippen LogP contribution >= 0.6 is 11.8 Å². The van der Waals surface area contributed by atoms with Crippen LogP contribution in [0, 0.1) is 5.92 Å². The van der Waals surface area contributed by atoms with Crippen LogP contribution < -0.4 is 5.32 Å². The molecular formula is C15H29NO2S. The maximum atomic E-state index is 12.1. The van der Waals surface area contributed by atoms with E-state index in [1.807, 2.05) is 11.8 Å². The van der Waals surface area contributed by atoms with E-state index in [9.17, 15) is 4.79 Å². The van der Waals surface area contributed by atoms with E-state index < -0.39 is 5.54 Å². The highest BCUT2D eigenvalue weighted by Crippen LogP contribution is 2.38. The number of hydrogen-bond donors (Lipinski definition) is 1. The van der Waals surface area contributed by atoms with Gasteiger partial charge in [-0.05, 0) is 51.2 Å². The Labute approximate surface area is 122 Å². The number of hydrogen-bond acceptors (Lipinski definition) is 4. The minimum absolute atomic E-state index is 0.0897. The summed E-state index contributed by atoms with van der Waals surface area (Å²) in [5.74, 6) is 1.86. The predicted molar refractivity (Wildman–Crippen MR) is 82.6 cm³/mol. The molecule has 0 aliphatic heterocycles. The first-order valence-electron chi connectivity index (χ1n) is 7.37. The van der Waals surface area contributed by atoms with Crippen LogP contribution in [0.2, 0.25) is 0 Å². The van der Waals surface area contributed by atoms with Crippen LogP contribution in [0.25, 0.3) is 0 Å². The minimum atomic E-state index is -0.446. The monoisotopic (exact) mass is 287 g/mol. The molecule has 19 heavy (non-hydrogen) atoms. The van der Waals surface area contributed by atoms with Gasteiger partial charge in [0.1, 0.15) is 5.54 Å². The van der Waals surface area contributed by atoms with Crippen molar-refractivity contribution in [2.24, 2.45) is 5.92 Å². The van der Waals surface area contributed by atoms with Crippen molar-refractivity contribution in [3.05, 3.63) is 0 Å². The molecule has 1 rings (SSSR count). The third kappa shape index (κ3) is 4.99. The zero-order valence-electron chi connectivity index (χ0n) is 13.0. The first kappa shape index (κ1) is 16.8. The standard InChI is InChI=1S/C15H29NO2S/c1-11(2)7-9-19-13-6-8-15(10-13,14(17)18-5)16-12(3)4/h11-13,16H,6-10H2,1-5H3. The maximum Gasteiger partial charge on any atom is 0.326 e. The second kappa shape index (κ2) is 7.53. The second-order valence-corrected chi connectivity index (χ2v) is 7.70. The van der Waals surface area contributed by atoms with Crippen molar-refractivity contribution in [1.29, 1.82) is 0 Å². The van der Waals surface area contributed by atoms with Gasteiger partial charge in [-0.25, -0.2) is 0 Å².